The van der Waals surface area contributed by atoms with Gasteiger partial charge >= 0.3 is 6.18 Å². The van der Waals surface area contributed by atoms with Crippen LogP contribution < -0.4 is 0 Å². The van der Waals surface area contributed by atoms with Crippen LogP contribution in [-0.2, 0) is 6.18 Å². The minimum Gasteiger partial charge on any atom is -0.337 e. The molecular weight excluding hydrogens is 331 g/mol. The van der Waals surface area contributed by atoms with Gasteiger partial charge in [-0.15, -0.1) is 0 Å². The highest BCUT2D eigenvalue weighted by Gasteiger charge is 2.32. The maximum atomic E-state index is 13.0. The van der Waals surface area contributed by atoms with Crippen molar-refractivity contribution in [2.24, 2.45) is 0 Å². The van der Waals surface area contributed by atoms with Crippen LogP contribution in [0.2, 0.25) is 0 Å². The van der Waals surface area contributed by atoms with Crippen molar-refractivity contribution in [2.75, 3.05) is 13.1 Å². The Labute approximate surface area is 145 Å². The first kappa shape index (κ1) is 19.3. The van der Waals surface area contributed by atoms with E-state index in [4.69, 9.17) is 0 Å². The molecule has 0 N–H and O–H groups in total. The first-order chi connectivity index (χ1) is 11.8. The van der Waals surface area contributed by atoms with Crippen molar-refractivity contribution in [3.63, 3.8) is 0 Å². The summed E-state index contributed by atoms with van der Waals surface area (Å²) < 4.78 is 40.3. The molecule has 0 bridgehead atoms. The Bertz CT molecular complexity index is 729. The molecule has 0 radical (unpaired) electrons. The predicted octanol–water partition coefficient (Wildman–Crippen LogP) is 4.70. The number of halogens is 3. The lowest BCUT2D eigenvalue weighted by Gasteiger charge is -2.22. The monoisotopic (exact) mass is 355 g/mol. The van der Waals surface area contributed by atoms with E-state index in [1.165, 1.54) is 10.5 Å². The van der Waals surface area contributed by atoms with Crippen molar-refractivity contribution in [1.82, 2.24) is 14.3 Å². The summed E-state index contributed by atoms with van der Waals surface area (Å²) in [5.74, 6) is -0.258. The number of carbonyl (C=O) groups excluding carboxylic acids is 1. The van der Waals surface area contributed by atoms with Crippen LogP contribution in [0.4, 0.5) is 13.2 Å². The first-order valence-corrected chi connectivity index (χ1v) is 8.64. The van der Waals surface area contributed by atoms with Crippen molar-refractivity contribution in [1.29, 1.82) is 0 Å². The zero-order valence-corrected chi connectivity index (χ0v) is 14.9. The summed E-state index contributed by atoms with van der Waals surface area (Å²) in [6.45, 7) is 6.93. The number of pyridine rings is 1. The fourth-order valence-electron chi connectivity index (χ4n) is 2.75. The van der Waals surface area contributed by atoms with Gasteiger partial charge in [0.1, 0.15) is 11.3 Å². The van der Waals surface area contributed by atoms with E-state index >= 15 is 0 Å². The molecule has 0 unspecified atom stereocenters. The highest BCUT2D eigenvalue weighted by Crippen LogP contribution is 2.30. The number of aryl methyl sites for hydroxylation is 1. The molecular formula is C18H24F3N3O. The molecule has 0 saturated carbocycles. The maximum absolute atomic E-state index is 13.0. The quantitative estimate of drug-likeness (QED) is 0.722. The number of unbranched alkanes of at least 4 members (excludes halogenated alkanes) is 2. The summed E-state index contributed by atoms with van der Waals surface area (Å²) in [6, 6.07) is 2.29. The van der Waals surface area contributed by atoms with Crippen molar-refractivity contribution in [3.8, 4) is 0 Å². The second-order valence-corrected chi connectivity index (χ2v) is 6.19. The zero-order chi connectivity index (χ0) is 18.6. The number of nitrogens with zero attached hydrogens (tertiary/aromatic N) is 3. The fraction of sp³-hybridized carbons (Fsp3) is 0.556. The van der Waals surface area contributed by atoms with Gasteiger partial charge in [0.15, 0.2) is 0 Å². The van der Waals surface area contributed by atoms with Gasteiger partial charge in [-0.2, -0.15) is 13.2 Å². The number of aromatic nitrogens is 2. The van der Waals surface area contributed by atoms with Gasteiger partial charge in [0, 0.05) is 19.3 Å². The maximum Gasteiger partial charge on any atom is 0.417 e. The van der Waals surface area contributed by atoms with E-state index in [2.05, 4.69) is 4.98 Å². The molecule has 0 fully saturated rings. The van der Waals surface area contributed by atoms with Gasteiger partial charge in [-0.25, -0.2) is 4.98 Å². The molecule has 2 aromatic heterocycles. The third-order valence-corrected chi connectivity index (χ3v) is 4.17. The zero-order valence-electron chi connectivity index (χ0n) is 14.9. The molecule has 0 aromatic carbocycles. The van der Waals surface area contributed by atoms with Gasteiger partial charge in [-0.05, 0) is 31.9 Å². The van der Waals surface area contributed by atoms with E-state index in [0.717, 1.165) is 37.9 Å². The second-order valence-electron chi connectivity index (χ2n) is 6.19. The molecule has 7 heteroatoms. The van der Waals surface area contributed by atoms with Crippen LogP contribution in [0.1, 0.15) is 61.3 Å². The van der Waals surface area contributed by atoms with E-state index in [1.54, 1.807) is 11.8 Å². The molecule has 4 nitrogen and oxygen atoms in total. The Balaban J connectivity index is 2.45. The number of hydrogen-bond acceptors (Lipinski definition) is 2. The van der Waals surface area contributed by atoms with Gasteiger partial charge in [-0.3, -0.25) is 9.20 Å². The smallest absolute Gasteiger partial charge is 0.337 e. The van der Waals surface area contributed by atoms with E-state index in [1.807, 2.05) is 13.8 Å². The molecule has 0 saturated heterocycles. The summed E-state index contributed by atoms with van der Waals surface area (Å²) in [7, 11) is 0. The standard InChI is InChI=1S/C18H24F3N3O/c1-4-6-10-23(11-7-5-2)17(25)16-13(3)22-15-9-8-14(12-24(15)16)18(19,20)21/h8-9,12H,4-7,10-11H2,1-3H3. The largest absolute Gasteiger partial charge is 0.417 e. The SMILES string of the molecule is CCCCN(CCCC)C(=O)c1c(C)nc2ccc(C(F)(F)F)cn12. The number of imidazole rings is 1. The average Bonchev–Trinajstić information content (AvgIpc) is 2.88. The Kier molecular flexibility index (Phi) is 6.08. The molecule has 0 aliphatic rings. The molecule has 0 atom stereocenters. The van der Waals surface area contributed by atoms with Gasteiger partial charge in [0.2, 0.25) is 0 Å². The molecule has 0 aliphatic carbocycles. The normalized spacial score (nSPS) is 11.9. The minimum absolute atomic E-state index is 0.216. The van der Waals surface area contributed by atoms with E-state index in [-0.39, 0.29) is 11.6 Å². The molecule has 2 rings (SSSR count). The molecule has 0 spiro atoms. The van der Waals surface area contributed by atoms with E-state index < -0.39 is 11.7 Å². The fourth-order valence-corrected chi connectivity index (χ4v) is 2.75. The summed E-state index contributed by atoms with van der Waals surface area (Å²) in [5.41, 5.74) is 0.218. The number of fused-ring (bicyclic) bond motifs is 1. The van der Waals surface area contributed by atoms with Gasteiger partial charge in [0.05, 0.1) is 11.3 Å². The second kappa shape index (κ2) is 7.89. The number of alkyl halides is 3. The summed E-state index contributed by atoms with van der Waals surface area (Å²) in [4.78, 5) is 19.0. The molecule has 0 aliphatic heterocycles. The Hall–Kier alpha value is -2.05. The average molecular weight is 355 g/mol. The highest BCUT2D eigenvalue weighted by atomic mass is 19.4. The van der Waals surface area contributed by atoms with Gasteiger partial charge in [-0.1, -0.05) is 26.7 Å². The Morgan fingerprint density at radius 3 is 2.28 bits per heavy atom. The van der Waals surface area contributed by atoms with E-state index in [9.17, 15) is 18.0 Å². The summed E-state index contributed by atoms with van der Waals surface area (Å²) >= 11 is 0. The van der Waals surface area contributed by atoms with Crippen LogP contribution >= 0.6 is 0 Å². The Morgan fingerprint density at radius 2 is 1.76 bits per heavy atom. The third kappa shape index (κ3) is 4.32. The van der Waals surface area contributed by atoms with Crippen molar-refractivity contribution in [3.05, 3.63) is 35.3 Å². The first-order valence-electron chi connectivity index (χ1n) is 8.64. The lowest BCUT2D eigenvalue weighted by molar-refractivity contribution is -0.137. The number of rotatable bonds is 7. The van der Waals surface area contributed by atoms with Gasteiger partial charge < -0.3 is 4.90 Å². The lowest BCUT2D eigenvalue weighted by atomic mass is 10.2. The molecule has 1 amide bonds. The number of hydrogen-bond donors (Lipinski definition) is 0. The van der Waals surface area contributed by atoms with Crippen molar-refractivity contribution in [2.45, 2.75) is 52.6 Å². The molecule has 138 valence electrons. The summed E-state index contributed by atoms with van der Waals surface area (Å²) in [5, 5.41) is 0. The Morgan fingerprint density at radius 1 is 1.16 bits per heavy atom. The van der Waals surface area contributed by atoms with Crippen molar-refractivity contribution < 1.29 is 18.0 Å². The summed E-state index contributed by atoms with van der Waals surface area (Å²) in [6.07, 6.45) is 0.107. The highest BCUT2D eigenvalue weighted by molar-refractivity contribution is 5.94. The minimum atomic E-state index is -4.46. The molecule has 2 aromatic rings. The lowest BCUT2D eigenvalue weighted by Crippen LogP contribution is -2.34. The van der Waals surface area contributed by atoms with Crippen LogP contribution in [-0.4, -0.2) is 33.3 Å². The number of carbonyl (C=O) groups is 1. The molecule has 2 heterocycles. The topological polar surface area (TPSA) is 37.6 Å². The van der Waals surface area contributed by atoms with Crippen LogP contribution in [0.5, 0.6) is 0 Å². The van der Waals surface area contributed by atoms with Crippen LogP contribution in [0.25, 0.3) is 5.65 Å². The van der Waals surface area contributed by atoms with Crippen LogP contribution in [0.3, 0.4) is 0 Å². The predicted molar refractivity (Wildman–Crippen MR) is 90.7 cm³/mol. The van der Waals surface area contributed by atoms with Crippen LogP contribution in [0, 0.1) is 6.92 Å². The third-order valence-electron chi connectivity index (χ3n) is 4.17. The van der Waals surface area contributed by atoms with Gasteiger partial charge in [0.25, 0.3) is 5.91 Å². The van der Waals surface area contributed by atoms with Crippen molar-refractivity contribution >= 4 is 11.6 Å². The number of amides is 1. The van der Waals surface area contributed by atoms with E-state index in [0.29, 0.717) is 24.4 Å². The van der Waals surface area contributed by atoms with Crippen LogP contribution in [0.15, 0.2) is 18.3 Å². The molecule has 25 heavy (non-hydrogen) atoms.